The molecule has 1 fully saturated rings. The Balaban J connectivity index is 1.76. The fraction of sp³-hybridized carbons (Fsp3) is 0.412. The Morgan fingerprint density at radius 1 is 1.15 bits per heavy atom. The molecule has 2 heterocycles. The number of aromatic nitrogens is 2. The van der Waals surface area contributed by atoms with E-state index in [-0.39, 0.29) is 17.5 Å². The van der Waals surface area contributed by atoms with Crippen molar-refractivity contribution in [2.45, 2.75) is 18.4 Å². The van der Waals surface area contributed by atoms with E-state index in [1.165, 1.54) is 10.5 Å². The fourth-order valence-corrected chi connectivity index (χ4v) is 5.04. The first-order valence-electron chi connectivity index (χ1n) is 8.34. The third-order valence-corrected chi connectivity index (χ3v) is 7.25. The standard InChI is InChI=1S/C17H21IN4O3S/c1-13-19-16(12-20(13)2)26(24,25)22-9-5-8-21(10-11-22)17(23)14-6-3-4-7-15(14)18/h3-4,6-7,12H,5,8-11H2,1-2H3. The highest BCUT2D eigenvalue weighted by Gasteiger charge is 2.30. The lowest BCUT2D eigenvalue weighted by molar-refractivity contribution is 0.0763. The monoisotopic (exact) mass is 488 g/mol. The van der Waals surface area contributed by atoms with E-state index in [0.717, 1.165) is 3.57 Å². The van der Waals surface area contributed by atoms with Crippen molar-refractivity contribution in [2.75, 3.05) is 26.2 Å². The van der Waals surface area contributed by atoms with Crippen LogP contribution in [-0.4, -0.2) is 59.3 Å². The van der Waals surface area contributed by atoms with Gasteiger partial charge in [-0.1, -0.05) is 12.1 Å². The second-order valence-corrected chi connectivity index (χ2v) is 9.31. The average molecular weight is 488 g/mol. The minimum Gasteiger partial charge on any atom is -0.337 e. The van der Waals surface area contributed by atoms with Crippen LogP contribution in [0, 0.1) is 10.5 Å². The van der Waals surface area contributed by atoms with Crippen molar-refractivity contribution in [3.8, 4) is 0 Å². The second kappa shape index (κ2) is 7.65. The number of imidazole rings is 1. The highest BCUT2D eigenvalue weighted by atomic mass is 127. The zero-order valence-corrected chi connectivity index (χ0v) is 17.7. The van der Waals surface area contributed by atoms with Gasteiger partial charge in [0, 0.05) is 43.0 Å². The van der Waals surface area contributed by atoms with E-state index in [1.807, 2.05) is 18.2 Å². The molecule has 1 aliphatic rings. The minimum absolute atomic E-state index is 0.0528. The topological polar surface area (TPSA) is 75.5 Å². The molecule has 3 rings (SSSR count). The summed E-state index contributed by atoms with van der Waals surface area (Å²) in [5.74, 6) is 0.594. The van der Waals surface area contributed by atoms with Crippen LogP contribution in [0.25, 0.3) is 0 Å². The van der Waals surface area contributed by atoms with Crippen molar-refractivity contribution in [3.63, 3.8) is 0 Å². The zero-order valence-electron chi connectivity index (χ0n) is 14.7. The van der Waals surface area contributed by atoms with Gasteiger partial charge in [-0.3, -0.25) is 4.79 Å². The number of hydrogen-bond donors (Lipinski definition) is 0. The highest BCUT2D eigenvalue weighted by Crippen LogP contribution is 2.19. The first-order chi connectivity index (χ1) is 12.3. The number of carbonyl (C=O) groups excluding carboxylic acids is 1. The number of halogens is 1. The number of carbonyl (C=O) groups is 1. The zero-order chi connectivity index (χ0) is 18.9. The molecule has 1 amide bonds. The molecule has 0 atom stereocenters. The van der Waals surface area contributed by atoms with Gasteiger partial charge in [0.1, 0.15) is 5.82 Å². The Kier molecular flexibility index (Phi) is 5.68. The van der Waals surface area contributed by atoms with Gasteiger partial charge in [-0.15, -0.1) is 0 Å². The van der Waals surface area contributed by atoms with Gasteiger partial charge >= 0.3 is 0 Å². The van der Waals surface area contributed by atoms with Crippen LogP contribution in [0.3, 0.4) is 0 Å². The molecule has 26 heavy (non-hydrogen) atoms. The molecule has 2 aromatic rings. The molecule has 7 nitrogen and oxygen atoms in total. The molecule has 0 aliphatic carbocycles. The van der Waals surface area contributed by atoms with Gasteiger partial charge in [0.05, 0.1) is 5.56 Å². The van der Waals surface area contributed by atoms with Crippen molar-refractivity contribution in [2.24, 2.45) is 7.05 Å². The molecular formula is C17H21IN4O3S. The molecule has 0 unspecified atom stereocenters. The third kappa shape index (κ3) is 3.79. The number of benzene rings is 1. The molecule has 0 spiro atoms. The predicted octanol–water partition coefficient (Wildman–Crippen LogP) is 1.87. The van der Waals surface area contributed by atoms with E-state index < -0.39 is 10.0 Å². The molecule has 140 valence electrons. The molecule has 0 N–H and O–H groups in total. The van der Waals surface area contributed by atoms with Crippen LogP contribution in [0.2, 0.25) is 0 Å². The van der Waals surface area contributed by atoms with Crippen LogP contribution in [0.5, 0.6) is 0 Å². The summed E-state index contributed by atoms with van der Waals surface area (Å²) in [7, 11) is -1.88. The van der Waals surface area contributed by atoms with E-state index in [4.69, 9.17) is 0 Å². The SMILES string of the molecule is Cc1nc(S(=O)(=O)N2CCCN(C(=O)c3ccccc3I)CC2)cn1C. The number of aryl methyl sites for hydroxylation is 2. The van der Waals surface area contributed by atoms with Gasteiger partial charge in [-0.2, -0.15) is 4.31 Å². The van der Waals surface area contributed by atoms with Gasteiger partial charge in [-0.05, 0) is 48.1 Å². The summed E-state index contributed by atoms with van der Waals surface area (Å²) in [6.45, 7) is 3.33. The van der Waals surface area contributed by atoms with Gasteiger partial charge < -0.3 is 9.47 Å². The van der Waals surface area contributed by atoms with E-state index >= 15 is 0 Å². The van der Waals surface area contributed by atoms with Crippen LogP contribution < -0.4 is 0 Å². The smallest absolute Gasteiger partial charge is 0.262 e. The number of amides is 1. The lowest BCUT2D eigenvalue weighted by Crippen LogP contribution is -2.37. The maximum absolute atomic E-state index is 12.9. The first-order valence-corrected chi connectivity index (χ1v) is 10.9. The fourth-order valence-electron chi connectivity index (χ4n) is 2.93. The van der Waals surface area contributed by atoms with Crippen LogP contribution in [-0.2, 0) is 17.1 Å². The molecule has 0 saturated carbocycles. The Morgan fingerprint density at radius 3 is 2.54 bits per heavy atom. The lowest BCUT2D eigenvalue weighted by Gasteiger charge is -2.22. The number of sulfonamides is 1. The summed E-state index contributed by atoms with van der Waals surface area (Å²) in [6, 6.07) is 7.43. The van der Waals surface area contributed by atoms with Crippen molar-refractivity contribution in [1.82, 2.24) is 18.8 Å². The molecule has 1 saturated heterocycles. The van der Waals surface area contributed by atoms with Crippen LogP contribution in [0.15, 0.2) is 35.5 Å². The Bertz CT molecular complexity index is 906. The molecule has 1 aromatic heterocycles. The highest BCUT2D eigenvalue weighted by molar-refractivity contribution is 14.1. The third-order valence-electron chi connectivity index (χ3n) is 4.54. The van der Waals surface area contributed by atoms with Crippen molar-refractivity contribution in [3.05, 3.63) is 45.4 Å². The molecule has 0 radical (unpaired) electrons. The summed E-state index contributed by atoms with van der Waals surface area (Å²) >= 11 is 2.15. The quantitative estimate of drug-likeness (QED) is 0.619. The van der Waals surface area contributed by atoms with Crippen LogP contribution >= 0.6 is 22.6 Å². The molecular weight excluding hydrogens is 467 g/mol. The van der Waals surface area contributed by atoms with Gasteiger partial charge in [0.25, 0.3) is 15.9 Å². The maximum atomic E-state index is 12.9. The number of rotatable bonds is 3. The average Bonchev–Trinajstić information content (AvgIpc) is 2.82. The Labute approximate surface area is 167 Å². The van der Waals surface area contributed by atoms with Gasteiger partial charge in [0.15, 0.2) is 5.03 Å². The van der Waals surface area contributed by atoms with E-state index in [9.17, 15) is 13.2 Å². The summed E-state index contributed by atoms with van der Waals surface area (Å²) < 4.78 is 29.7. The second-order valence-electron chi connectivity index (χ2n) is 6.27. The lowest BCUT2D eigenvalue weighted by atomic mass is 10.2. The maximum Gasteiger partial charge on any atom is 0.262 e. The number of hydrogen-bond acceptors (Lipinski definition) is 4. The largest absolute Gasteiger partial charge is 0.337 e. The Morgan fingerprint density at radius 2 is 1.88 bits per heavy atom. The first kappa shape index (κ1) is 19.3. The summed E-state index contributed by atoms with van der Waals surface area (Å²) in [6.07, 6.45) is 2.13. The van der Waals surface area contributed by atoms with Gasteiger partial charge in [-0.25, -0.2) is 13.4 Å². The normalized spacial score (nSPS) is 16.5. The molecule has 0 bridgehead atoms. The summed E-state index contributed by atoms with van der Waals surface area (Å²) in [4.78, 5) is 18.7. The predicted molar refractivity (Wildman–Crippen MR) is 106 cm³/mol. The molecule has 1 aromatic carbocycles. The minimum atomic E-state index is -3.65. The summed E-state index contributed by atoms with van der Waals surface area (Å²) in [5.41, 5.74) is 0.657. The van der Waals surface area contributed by atoms with E-state index in [0.29, 0.717) is 37.4 Å². The Hall–Kier alpha value is -1.46. The van der Waals surface area contributed by atoms with E-state index in [1.54, 1.807) is 29.5 Å². The van der Waals surface area contributed by atoms with Crippen LogP contribution in [0.1, 0.15) is 22.6 Å². The van der Waals surface area contributed by atoms with Crippen molar-refractivity contribution >= 4 is 38.5 Å². The molecule has 9 heteroatoms. The molecule has 1 aliphatic heterocycles. The van der Waals surface area contributed by atoms with Crippen LogP contribution in [0.4, 0.5) is 0 Å². The number of nitrogens with zero attached hydrogens (tertiary/aromatic N) is 4. The van der Waals surface area contributed by atoms with Crippen molar-refractivity contribution in [1.29, 1.82) is 0 Å². The summed E-state index contributed by atoms with van der Waals surface area (Å²) in [5, 5.41) is 0.0647. The van der Waals surface area contributed by atoms with Crippen molar-refractivity contribution < 1.29 is 13.2 Å². The van der Waals surface area contributed by atoms with E-state index in [2.05, 4.69) is 27.6 Å². The van der Waals surface area contributed by atoms with Gasteiger partial charge in [0.2, 0.25) is 0 Å².